The third-order valence-electron chi connectivity index (χ3n) is 3.94. The molecule has 6 heteroatoms. The normalized spacial score (nSPS) is 11.4. The number of nitrogens with one attached hydrogen (secondary N) is 1. The lowest BCUT2D eigenvalue weighted by Gasteiger charge is -2.30. The molecule has 1 rings (SSSR count). The highest BCUT2D eigenvalue weighted by atomic mass is 32.2. The van der Waals surface area contributed by atoms with Gasteiger partial charge in [-0.2, -0.15) is 11.8 Å². The van der Waals surface area contributed by atoms with Gasteiger partial charge in [-0.05, 0) is 30.7 Å². The molecule has 1 aromatic rings. The molecule has 0 fully saturated rings. The monoisotopic (exact) mass is 312 g/mol. The summed E-state index contributed by atoms with van der Waals surface area (Å²) in [5, 5.41) is 14.4. The molecule has 0 spiro atoms. The van der Waals surface area contributed by atoms with E-state index < -0.39 is 4.92 Å². The number of nitro benzene ring substituents is 1. The highest BCUT2D eigenvalue weighted by Gasteiger charge is 2.24. The standard InChI is InChI=1S/C15H24N2O3S/c1-5-15(6-2,21-4)11-16-10-12-7-8-14(20-3)13(9-12)17(18)19/h7-9,16H,5-6,10-11H2,1-4H3. The van der Waals surface area contributed by atoms with Crippen LogP contribution in [0.3, 0.4) is 0 Å². The van der Waals surface area contributed by atoms with Crippen molar-refractivity contribution in [3.8, 4) is 5.75 Å². The fourth-order valence-electron chi connectivity index (χ4n) is 2.28. The second-order valence-electron chi connectivity index (χ2n) is 4.96. The Kier molecular flexibility index (Phi) is 6.98. The molecule has 5 nitrogen and oxygen atoms in total. The zero-order valence-electron chi connectivity index (χ0n) is 13.1. The molecule has 1 N–H and O–H groups in total. The molecule has 0 amide bonds. The van der Waals surface area contributed by atoms with Gasteiger partial charge >= 0.3 is 5.69 Å². The minimum Gasteiger partial charge on any atom is -0.490 e. The molecule has 0 aliphatic rings. The van der Waals surface area contributed by atoms with Crippen LogP contribution in [0, 0.1) is 10.1 Å². The van der Waals surface area contributed by atoms with Crippen LogP contribution in [0.5, 0.6) is 5.75 Å². The minimum atomic E-state index is -0.410. The Hall–Kier alpha value is -1.27. The van der Waals surface area contributed by atoms with Crippen LogP contribution in [0.2, 0.25) is 0 Å². The van der Waals surface area contributed by atoms with Gasteiger partial charge in [-0.25, -0.2) is 0 Å². The van der Waals surface area contributed by atoms with Crippen LogP contribution in [0.25, 0.3) is 0 Å². The number of hydrogen-bond donors (Lipinski definition) is 1. The zero-order chi connectivity index (χ0) is 15.9. The van der Waals surface area contributed by atoms with Gasteiger partial charge in [0.2, 0.25) is 0 Å². The fraction of sp³-hybridized carbons (Fsp3) is 0.600. The number of nitro groups is 1. The molecular weight excluding hydrogens is 288 g/mol. The first-order valence-electron chi connectivity index (χ1n) is 7.09. The summed E-state index contributed by atoms with van der Waals surface area (Å²) in [7, 11) is 1.44. The molecule has 0 atom stereocenters. The highest BCUT2D eigenvalue weighted by Crippen LogP contribution is 2.30. The van der Waals surface area contributed by atoms with Crippen molar-refractivity contribution in [2.75, 3.05) is 19.9 Å². The third-order valence-corrected chi connectivity index (χ3v) is 5.53. The van der Waals surface area contributed by atoms with Gasteiger partial charge in [-0.3, -0.25) is 10.1 Å². The maximum atomic E-state index is 11.0. The second kappa shape index (κ2) is 8.24. The number of thioether (sulfide) groups is 1. The molecule has 0 bridgehead atoms. The summed E-state index contributed by atoms with van der Waals surface area (Å²) in [5.41, 5.74) is 0.906. The summed E-state index contributed by atoms with van der Waals surface area (Å²) >= 11 is 1.88. The molecule has 0 saturated heterocycles. The first-order valence-corrected chi connectivity index (χ1v) is 8.31. The van der Waals surface area contributed by atoms with E-state index in [1.807, 2.05) is 17.8 Å². The lowest BCUT2D eigenvalue weighted by molar-refractivity contribution is -0.385. The van der Waals surface area contributed by atoms with Gasteiger partial charge in [0.15, 0.2) is 5.75 Å². The Balaban J connectivity index is 2.72. The average Bonchev–Trinajstić information content (AvgIpc) is 2.52. The van der Waals surface area contributed by atoms with Crippen LogP contribution in [0.4, 0.5) is 5.69 Å². The molecule has 0 aromatic heterocycles. The number of nitrogens with zero attached hydrogens (tertiary/aromatic N) is 1. The van der Waals surface area contributed by atoms with Crippen LogP contribution in [-0.4, -0.2) is 29.6 Å². The molecule has 1 aromatic carbocycles. The Labute approximate surface area is 130 Å². The van der Waals surface area contributed by atoms with Gasteiger partial charge < -0.3 is 10.1 Å². The third kappa shape index (κ3) is 4.61. The first-order chi connectivity index (χ1) is 10.0. The summed E-state index contributed by atoms with van der Waals surface area (Å²) in [6, 6.07) is 5.08. The van der Waals surface area contributed by atoms with Crippen molar-refractivity contribution in [1.29, 1.82) is 0 Å². The van der Waals surface area contributed by atoms with Crippen molar-refractivity contribution in [2.45, 2.75) is 38.0 Å². The van der Waals surface area contributed by atoms with Crippen molar-refractivity contribution in [3.05, 3.63) is 33.9 Å². The first kappa shape index (κ1) is 17.8. The quantitative estimate of drug-likeness (QED) is 0.557. The molecule has 0 radical (unpaired) electrons. The summed E-state index contributed by atoms with van der Waals surface area (Å²) < 4.78 is 5.24. The lowest BCUT2D eigenvalue weighted by atomic mass is 10.0. The number of hydrogen-bond acceptors (Lipinski definition) is 5. The van der Waals surface area contributed by atoms with E-state index in [0.29, 0.717) is 12.3 Å². The van der Waals surface area contributed by atoms with E-state index in [2.05, 4.69) is 25.4 Å². The van der Waals surface area contributed by atoms with Crippen molar-refractivity contribution in [2.24, 2.45) is 0 Å². The van der Waals surface area contributed by atoms with E-state index in [4.69, 9.17) is 4.74 Å². The number of benzene rings is 1. The number of ether oxygens (including phenoxy) is 1. The predicted molar refractivity (Wildman–Crippen MR) is 88.2 cm³/mol. The number of methoxy groups -OCH3 is 1. The number of rotatable bonds is 9. The van der Waals surface area contributed by atoms with Crippen LogP contribution in [0.1, 0.15) is 32.3 Å². The molecule has 0 heterocycles. The van der Waals surface area contributed by atoms with E-state index in [-0.39, 0.29) is 10.4 Å². The fourth-order valence-corrected chi connectivity index (χ4v) is 3.11. The summed E-state index contributed by atoms with van der Waals surface area (Å²) in [5.74, 6) is 0.296. The Morgan fingerprint density at radius 2 is 2.05 bits per heavy atom. The topological polar surface area (TPSA) is 64.4 Å². The maximum Gasteiger partial charge on any atom is 0.311 e. The van der Waals surface area contributed by atoms with Gasteiger partial charge in [-0.1, -0.05) is 19.9 Å². The molecule has 0 aliphatic heterocycles. The largest absolute Gasteiger partial charge is 0.490 e. The second-order valence-corrected chi connectivity index (χ2v) is 6.24. The summed E-state index contributed by atoms with van der Waals surface area (Å²) in [4.78, 5) is 10.6. The molecule has 0 aliphatic carbocycles. The minimum absolute atomic E-state index is 0.0129. The van der Waals surface area contributed by atoms with Crippen molar-refractivity contribution < 1.29 is 9.66 Å². The van der Waals surface area contributed by atoms with Crippen molar-refractivity contribution in [3.63, 3.8) is 0 Å². The van der Waals surface area contributed by atoms with E-state index in [1.165, 1.54) is 7.11 Å². The summed E-state index contributed by atoms with van der Waals surface area (Å²) in [6.07, 6.45) is 4.33. The molecule has 118 valence electrons. The average molecular weight is 312 g/mol. The molecule has 0 saturated carbocycles. The van der Waals surface area contributed by atoms with Crippen LogP contribution in [-0.2, 0) is 6.54 Å². The highest BCUT2D eigenvalue weighted by molar-refractivity contribution is 8.00. The smallest absolute Gasteiger partial charge is 0.311 e. The predicted octanol–water partition coefficient (Wildman–Crippen LogP) is 3.61. The van der Waals surface area contributed by atoms with Crippen LogP contribution in [0.15, 0.2) is 18.2 Å². The Morgan fingerprint density at radius 3 is 2.52 bits per heavy atom. The Morgan fingerprint density at radius 1 is 1.38 bits per heavy atom. The van der Waals surface area contributed by atoms with Gasteiger partial charge in [0.25, 0.3) is 0 Å². The summed E-state index contributed by atoms with van der Waals surface area (Å²) in [6.45, 7) is 5.90. The molecule has 21 heavy (non-hydrogen) atoms. The molecular formula is C15H24N2O3S. The van der Waals surface area contributed by atoms with Crippen LogP contribution < -0.4 is 10.1 Å². The van der Waals surface area contributed by atoms with E-state index in [1.54, 1.807) is 12.1 Å². The van der Waals surface area contributed by atoms with Crippen molar-refractivity contribution >= 4 is 17.4 Å². The SMILES string of the molecule is CCC(CC)(CNCc1ccc(OC)c([N+](=O)[O-])c1)SC. The van der Waals surface area contributed by atoms with E-state index in [0.717, 1.165) is 24.9 Å². The van der Waals surface area contributed by atoms with Gasteiger partial charge in [-0.15, -0.1) is 0 Å². The maximum absolute atomic E-state index is 11.0. The van der Waals surface area contributed by atoms with Crippen molar-refractivity contribution in [1.82, 2.24) is 5.32 Å². The van der Waals surface area contributed by atoms with Gasteiger partial charge in [0, 0.05) is 23.9 Å². The van der Waals surface area contributed by atoms with E-state index in [9.17, 15) is 10.1 Å². The van der Waals surface area contributed by atoms with Gasteiger partial charge in [0.05, 0.1) is 12.0 Å². The Bertz CT molecular complexity index is 468. The molecule has 0 unspecified atom stereocenters. The van der Waals surface area contributed by atoms with E-state index >= 15 is 0 Å². The lowest BCUT2D eigenvalue weighted by Crippen LogP contribution is -2.36. The van der Waals surface area contributed by atoms with Crippen LogP contribution >= 0.6 is 11.8 Å². The zero-order valence-corrected chi connectivity index (χ0v) is 14.0. The van der Waals surface area contributed by atoms with Gasteiger partial charge in [0.1, 0.15) is 0 Å².